The van der Waals surface area contributed by atoms with Gasteiger partial charge in [-0.3, -0.25) is 19.3 Å². The second-order valence-corrected chi connectivity index (χ2v) is 12.6. The molecule has 2 fully saturated rings. The fourth-order valence-corrected chi connectivity index (χ4v) is 6.18. The summed E-state index contributed by atoms with van der Waals surface area (Å²) in [5.74, 6) is -0.904. The van der Waals surface area contributed by atoms with Gasteiger partial charge in [-0.15, -0.1) is 0 Å². The van der Waals surface area contributed by atoms with Crippen molar-refractivity contribution in [1.82, 2.24) is 4.90 Å². The Kier molecular flexibility index (Phi) is 8.39. The van der Waals surface area contributed by atoms with E-state index in [2.05, 4.69) is 4.90 Å². The van der Waals surface area contributed by atoms with Crippen molar-refractivity contribution >= 4 is 23.5 Å². The largest absolute Gasteiger partial charge is 0.459 e. The van der Waals surface area contributed by atoms with E-state index in [1.807, 2.05) is 57.2 Å². The van der Waals surface area contributed by atoms with Gasteiger partial charge < -0.3 is 19.3 Å². The summed E-state index contributed by atoms with van der Waals surface area (Å²) < 4.78 is 18.7. The molecule has 230 valence electrons. The second kappa shape index (κ2) is 12.2. The minimum absolute atomic E-state index is 0.0410. The van der Waals surface area contributed by atoms with Crippen LogP contribution in [-0.2, 0) is 25.6 Å². The maximum atomic E-state index is 13.0. The van der Waals surface area contributed by atoms with E-state index in [1.165, 1.54) is 4.90 Å². The first kappa shape index (κ1) is 30.1. The first-order valence-electron chi connectivity index (χ1n) is 15.2. The van der Waals surface area contributed by atoms with E-state index < -0.39 is 11.9 Å². The number of benzene rings is 3. The Morgan fingerprint density at radius 2 is 1.55 bits per heavy atom. The van der Waals surface area contributed by atoms with Crippen molar-refractivity contribution in [3.8, 4) is 0 Å². The summed E-state index contributed by atoms with van der Waals surface area (Å²) in [6.45, 7) is 6.91. The maximum Gasteiger partial charge on any atom is 0.323 e. The zero-order valence-corrected chi connectivity index (χ0v) is 25.3. The Labute approximate surface area is 257 Å². The Morgan fingerprint density at radius 1 is 0.909 bits per heavy atom. The molecule has 0 aromatic heterocycles. The zero-order valence-electron chi connectivity index (χ0n) is 25.3. The fourth-order valence-electron chi connectivity index (χ4n) is 6.18. The van der Waals surface area contributed by atoms with Gasteiger partial charge in [0, 0.05) is 18.5 Å². The molecule has 0 radical (unpaired) electrons. The first-order valence-corrected chi connectivity index (χ1v) is 15.2. The zero-order chi connectivity index (χ0) is 31.0. The van der Waals surface area contributed by atoms with Crippen LogP contribution in [0.15, 0.2) is 72.8 Å². The number of anilines is 1. The van der Waals surface area contributed by atoms with Crippen molar-refractivity contribution in [3.05, 3.63) is 101 Å². The van der Waals surface area contributed by atoms with E-state index in [0.717, 1.165) is 36.1 Å². The molecular weight excluding hydrogens is 560 g/mol. The van der Waals surface area contributed by atoms with Gasteiger partial charge in [0.2, 0.25) is 0 Å². The van der Waals surface area contributed by atoms with Gasteiger partial charge in [-0.1, -0.05) is 48.5 Å². The monoisotopic (exact) mass is 598 g/mol. The van der Waals surface area contributed by atoms with Crippen molar-refractivity contribution in [1.29, 1.82) is 0 Å². The number of likely N-dealkylation sites (tertiary alicyclic amines) is 1. The molecule has 4 atom stereocenters. The number of amides is 2. The summed E-state index contributed by atoms with van der Waals surface area (Å²) >= 11 is 0. The molecule has 0 spiro atoms. The van der Waals surface area contributed by atoms with E-state index in [-0.39, 0.29) is 42.6 Å². The number of aliphatic hydroxyl groups is 1. The standard InChI is InChI=1S/C35H38N2O7/c1-35(2,3)44-33(41)29-9-6-18-36(29)20-26-19-30(23-12-10-22(21-38)11-13-23)43-34(42-26)24-14-16-25(17-15-24)37-31(39)27-7-4-5-8-28(27)32(37)40/h4-5,7-8,10-17,26,29-30,34,38H,6,9,18-21H2,1-3H3/t26-,29+,30+,34+/m1/s1. The van der Waals surface area contributed by atoms with Crippen LogP contribution in [0.3, 0.4) is 0 Å². The smallest absolute Gasteiger partial charge is 0.323 e. The number of hydrogen-bond acceptors (Lipinski definition) is 8. The van der Waals surface area contributed by atoms with Gasteiger partial charge in [0.15, 0.2) is 6.29 Å². The second-order valence-electron chi connectivity index (χ2n) is 12.6. The minimum atomic E-state index is -0.713. The highest BCUT2D eigenvalue weighted by atomic mass is 16.7. The van der Waals surface area contributed by atoms with Crippen LogP contribution in [0.5, 0.6) is 0 Å². The van der Waals surface area contributed by atoms with Crippen LogP contribution in [0, 0.1) is 0 Å². The van der Waals surface area contributed by atoms with Crippen LogP contribution < -0.4 is 4.90 Å². The molecule has 6 rings (SSSR count). The molecule has 2 amide bonds. The SMILES string of the molecule is CC(C)(C)OC(=O)[C@@H]1CCCN1C[C@H]1C[C@@H](c2ccc(CO)cc2)O[C@@H](c2ccc(N3C(=O)c4ccccc4C3=O)cc2)O1. The number of rotatable bonds is 7. The Morgan fingerprint density at radius 3 is 2.16 bits per heavy atom. The van der Waals surface area contributed by atoms with Gasteiger partial charge in [0.05, 0.1) is 35.6 Å². The first-order chi connectivity index (χ1) is 21.1. The number of ether oxygens (including phenoxy) is 3. The molecule has 0 unspecified atom stereocenters. The van der Waals surface area contributed by atoms with Gasteiger partial charge in [0.1, 0.15) is 11.6 Å². The molecular formula is C35H38N2O7. The summed E-state index contributed by atoms with van der Waals surface area (Å²) in [5, 5.41) is 9.52. The molecule has 9 heteroatoms. The van der Waals surface area contributed by atoms with Crippen LogP contribution >= 0.6 is 0 Å². The molecule has 0 aliphatic carbocycles. The Bertz CT molecular complexity index is 1490. The number of fused-ring (bicyclic) bond motifs is 1. The molecule has 1 N–H and O–H groups in total. The van der Waals surface area contributed by atoms with Crippen LogP contribution in [-0.4, -0.2) is 58.6 Å². The third-order valence-corrected chi connectivity index (χ3v) is 8.31. The molecule has 44 heavy (non-hydrogen) atoms. The van der Waals surface area contributed by atoms with Crippen molar-refractivity contribution < 1.29 is 33.7 Å². The number of aliphatic hydroxyl groups excluding tert-OH is 1. The lowest BCUT2D eigenvalue weighted by Gasteiger charge is -2.38. The van der Waals surface area contributed by atoms with E-state index in [9.17, 15) is 19.5 Å². The molecule has 3 aliphatic heterocycles. The van der Waals surface area contributed by atoms with E-state index in [0.29, 0.717) is 29.8 Å². The molecule has 3 aromatic carbocycles. The van der Waals surface area contributed by atoms with Crippen molar-refractivity contribution in [2.24, 2.45) is 0 Å². The fraction of sp³-hybridized carbons (Fsp3) is 0.400. The van der Waals surface area contributed by atoms with Gasteiger partial charge in [-0.05, 0) is 75.5 Å². The molecule has 0 saturated carbocycles. The Balaban J connectivity index is 1.22. The third-order valence-electron chi connectivity index (χ3n) is 8.31. The molecule has 2 saturated heterocycles. The summed E-state index contributed by atoms with van der Waals surface area (Å²) in [6.07, 6.45) is 0.990. The normalized spacial score (nSPS) is 24.0. The summed E-state index contributed by atoms with van der Waals surface area (Å²) in [6, 6.07) is 21.3. The molecule has 3 aromatic rings. The van der Waals surface area contributed by atoms with E-state index in [1.54, 1.807) is 36.4 Å². The van der Waals surface area contributed by atoms with Crippen LogP contribution in [0.2, 0.25) is 0 Å². The number of carbonyl (C=O) groups excluding carboxylic acids is 3. The molecule has 9 nitrogen and oxygen atoms in total. The number of hydrogen-bond donors (Lipinski definition) is 1. The van der Waals surface area contributed by atoms with Crippen LogP contribution in [0.25, 0.3) is 0 Å². The molecule has 0 bridgehead atoms. The number of imide groups is 1. The van der Waals surface area contributed by atoms with Gasteiger partial charge in [0.25, 0.3) is 11.8 Å². The van der Waals surface area contributed by atoms with Crippen LogP contribution in [0.4, 0.5) is 5.69 Å². The predicted octanol–water partition coefficient (Wildman–Crippen LogP) is 5.33. The number of nitrogens with zero attached hydrogens (tertiary/aromatic N) is 2. The lowest BCUT2D eigenvalue weighted by atomic mass is 9.99. The Hall–Kier alpha value is -3.89. The lowest BCUT2D eigenvalue weighted by molar-refractivity contribution is -0.253. The average molecular weight is 599 g/mol. The van der Waals surface area contributed by atoms with Crippen molar-refractivity contribution in [3.63, 3.8) is 0 Å². The van der Waals surface area contributed by atoms with E-state index >= 15 is 0 Å². The minimum Gasteiger partial charge on any atom is -0.459 e. The average Bonchev–Trinajstić information content (AvgIpc) is 3.58. The highest BCUT2D eigenvalue weighted by molar-refractivity contribution is 6.34. The van der Waals surface area contributed by atoms with Crippen molar-refractivity contribution in [2.75, 3.05) is 18.0 Å². The maximum absolute atomic E-state index is 13.0. The number of carbonyl (C=O) groups is 3. The quantitative estimate of drug-likeness (QED) is 0.287. The highest BCUT2D eigenvalue weighted by Crippen LogP contribution is 2.39. The number of esters is 1. The van der Waals surface area contributed by atoms with Gasteiger partial charge in [-0.25, -0.2) is 4.90 Å². The summed E-state index contributed by atoms with van der Waals surface area (Å²) in [4.78, 5) is 42.3. The molecule has 3 aliphatic rings. The van der Waals surface area contributed by atoms with Crippen LogP contribution in [0.1, 0.15) is 89.8 Å². The lowest BCUT2D eigenvalue weighted by Crippen LogP contribution is -2.45. The summed E-state index contributed by atoms with van der Waals surface area (Å²) in [7, 11) is 0. The van der Waals surface area contributed by atoms with Crippen molar-refractivity contribution in [2.45, 2.75) is 76.8 Å². The third kappa shape index (κ3) is 6.19. The highest BCUT2D eigenvalue weighted by Gasteiger charge is 2.40. The predicted molar refractivity (Wildman–Crippen MR) is 163 cm³/mol. The summed E-state index contributed by atoms with van der Waals surface area (Å²) in [5.41, 5.74) is 3.23. The van der Waals surface area contributed by atoms with Gasteiger partial charge in [-0.2, -0.15) is 0 Å². The molecule has 3 heterocycles. The van der Waals surface area contributed by atoms with E-state index in [4.69, 9.17) is 14.2 Å². The topological polar surface area (TPSA) is 106 Å². The van der Waals surface area contributed by atoms with Gasteiger partial charge >= 0.3 is 5.97 Å².